The molecule has 0 saturated heterocycles. The van der Waals surface area contributed by atoms with Gasteiger partial charge in [0.15, 0.2) is 0 Å². The van der Waals surface area contributed by atoms with Gasteiger partial charge < -0.3 is 31.2 Å². The molecule has 0 heterocycles. The molecule has 10 nitrogen and oxygen atoms in total. The molecular formula is C23H30N4O6. The third-order valence-corrected chi connectivity index (χ3v) is 4.21. The molecule has 0 atom stereocenters. The minimum absolute atomic E-state index is 0.0579. The minimum Gasteiger partial charge on any atom is -0.494 e. The zero-order valence-corrected chi connectivity index (χ0v) is 18.3. The van der Waals surface area contributed by atoms with Crippen LogP contribution in [0, 0.1) is 10.8 Å². The first-order valence-electron chi connectivity index (χ1n) is 10.3. The third-order valence-electron chi connectivity index (χ3n) is 4.21. The first-order chi connectivity index (χ1) is 15.7. The predicted molar refractivity (Wildman–Crippen MR) is 124 cm³/mol. The number of unbranched alkanes of at least 4 members (excludes halogenated alkanes) is 2. The summed E-state index contributed by atoms with van der Waals surface area (Å²) in [5.74, 6) is -0.469. The number of rotatable bonds is 13. The number of carboxylic acids is 2. The van der Waals surface area contributed by atoms with E-state index in [1.807, 2.05) is 24.3 Å². The van der Waals surface area contributed by atoms with Crippen molar-refractivity contribution in [3.63, 3.8) is 0 Å². The maximum absolute atomic E-state index is 9.64. The van der Waals surface area contributed by atoms with Crippen molar-refractivity contribution >= 4 is 23.6 Å². The normalized spacial score (nSPS) is 9.82. The summed E-state index contributed by atoms with van der Waals surface area (Å²) in [6.07, 6.45) is 2.31. The smallest absolute Gasteiger partial charge is 0.303 e. The Morgan fingerprint density at radius 1 is 0.667 bits per heavy atom. The van der Waals surface area contributed by atoms with Crippen LogP contribution in [0.15, 0.2) is 48.5 Å². The van der Waals surface area contributed by atoms with Gasteiger partial charge in [0.1, 0.15) is 23.2 Å². The molecule has 0 aliphatic rings. The van der Waals surface area contributed by atoms with Crippen molar-refractivity contribution in [1.29, 1.82) is 10.8 Å². The summed E-state index contributed by atoms with van der Waals surface area (Å²) < 4.78 is 11.3. The van der Waals surface area contributed by atoms with Gasteiger partial charge in [0.05, 0.1) is 26.1 Å². The van der Waals surface area contributed by atoms with E-state index in [1.54, 1.807) is 24.3 Å². The zero-order valence-electron chi connectivity index (χ0n) is 18.3. The van der Waals surface area contributed by atoms with Crippen molar-refractivity contribution in [2.24, 2.45) is 11.5 Å². The monoisotopic (exact) mass is 458 g/mol. The van der Waals surface area contributed by atoms with Crippen LogP contribution in [0.2, 0.25) is 0 Å². The molecule has 2 rings (SSSR count). The number of nitrogens with two attached hydrogens (primary N) is 2. The molecule has 0 saturated carbocycles. The molecule has 178 valence electrons. The molecule has 0 aromatic heterocycles. The van der Waals surface area contributed by atoms with Crippen LogP contribution in [0.3, 0.4) is 0 Å². The Kier molecular flexibility index (Phi) is 12.1. The number of hydrogen-bond donors (Lipinski definition) is 6. The molecular weight excluding hydrogens is 428 g/mol. The van der Waals surface area contributed by atoms with Crippen molar-refractivity contribution in [3.05, 3.63) is 59.7 Å². The van der Waals surface area contributed by atoms with Gasteiger partial charge in [-0.2, -0.15) is 0 Å². The number of ether oxygens (including phenoxy) is 2. The fourth-order valence-electron chi connectivity index (χ4n) is 2.44. The quantitative estimate of drug-likeness (QED) is 0.150. The van der Waals surface area contributed by atoms with Gasteiger partial charge in [-0.1, -0.05) is 0 Å². The highest BCUT2D eigenvalue weighted by molar-refractivity contribution is 5.95. The maximum Gasteiger partial charge on any atom is 0.303 e. The summed E-state index contributed by atoms with van der Waals surface area (Å²) >= 11 is 0. The molecule has 0 spiro atoms. The topological polar surface area (TPSA) is 193 Å². The highest BCUT2D eigenvalue weighted by Crippen LogP contribution is 2.14. The Balaban J connectivity index is 0.000000582. The highest BCUT2D eigenvalue weighted by atomic mass is 16.5. The fraction of sp³-hybridized carbons (Fsp3) is 0.304. The molecule has 0 unspecified atom stereocenters. The van der Waals surface area contributed by atoms with Gasteiger partial charge in [0.2, 0.25) is 0 Å². The molecule has 10 heteroatoms. The van der Waals surface area contributed by atoms with Crippen LogP contribution >= 0.6 is 0 Å². The van der Waals surface area contributed by atoms with E-state index in [2.05, 4.69) is 0 Å². The first kappa shape index (κ1) is 27.0. The van der Waals surface area contributed by atoms with Gasteiger partial charge in [-0.25, -0.2) is 0 Å². The molecule has 0 radical (unpaired) electrons. The van der Waals surface area contributed by atoms with Crippen LogP contribution < -0.4 is 20.9 Å². The van der Waals surface area contributed by atoms with Crippen LogP contribution in [-0.2, 0) is 9.59 Å². The summed E-state index contributed by atoms with van der Waals surface area (Å²) in [6, 6.07) is 14.4. The molecule has 0 fully saturated rings. The molecule has 0 bridgehead atoms. The standard InChI is InChI=1S/C19H24N4O2.C4H6O4/c20-18(21)14-4-8-16(9-5-14)24-12-2-1-3-13-25-17-10-6-15(7-11-17)19(22)23;5-3(6)1-2-4(7)8/h4-11H,1-3,12-13H2,(H3,20,21)(H3,22,23);1-2H2,(H,5,6)(H,7,8). The van der Waals surface area contributed by atoms with Crippen molar-refractivity contribution in [1.82, 2.24) is 0 Å². The second kappa shape index (κ2) is 14.8. The number of carbonyl (C=O) groups is 2. The van der Waals surface area contributed by atoms with E-state index in [-0.39, 0.29) is 24.5 Å². The lowest BCUT2D eigenvalue weighted by Gasteiger charge is -2.08. The van der Waals surface area contributed by atoms with Crippen LogP contribution in [-0.4, -0.2) is 47.0 Å². The van der Waals surface area contributed by atoms with Crippen molar-refractivity contribution < 1.29 is 29.3 Å². The summed E-state index contributed by atoms with van der Waals surface area (Å²) in [4.78, 5) is 19.3. The fourth-order valence-corrected chi connectivity index (χ4v) is 2.44. The van der Waals surface area contributed by atoms with E-state index < -0.39 is 11.9 Å². The Bertz CT molecular complexity index is 838. The Morgan fingerprint density at radius 3 is 1.27 bits per heavy atom. The molecule has 0 aliphatic carbocycles. The van der Waals surface area contributed by atoms with E-state index >= 15 is 0 Å². The average Bonchev–Trinajstić information content (AvgIpc) is 2.78. The third kappa shape index (κ3) is 12.4. The number of nitrogen functional groups attached to an aromatic ring is 2. The number of amidine groups is 2. The van der Waals surface area contributed by atoms with Crippen LogP contribution in [0.1, 0.15) is 43.2 Å². The van der Waals surface area contributed by atoms with Gasteiger partial charge >= 0.3 is 11.9 Å². The molecule has 2 aromatic carbocycles. The van der Waals surface area contributed by atoms with Crippen LogP contribution in [0.5, 0.6) is 11.5 Å². The summed E-state index contributed by atoms with van der Waals surface area (Å²) in [6.45, 7) is 1.29. The van der Waals surface area contributed by atoms with E-state index in [9.17, 15) is 9.59 Å². The second-order valence-electron chi connectivity index (χ2n) is 6.92. The SMILES string of the molecule is N=C(N)c1ccc(OCCCCCOc2ccc(C(=N)N)cc2)cc1.O=C(O)CCC(=O)O. The van der Waals surface area contributed by atoms with Crippen molar-refractivity contribution in [2.45, 2.75) is 32.1 Å². The van der Waals surface area contributed by atoms with Crippen LogP contribution in [0.4, 0.5) is 0 Å². The maximum atomic E-state index is 9.64. The Labute approximate surface area is 192 Å². The first-order valence-corrected chi connectivity index (χ1v) is 10.3. The number of nitrogens with one attached hydrogen (secondary N) is 2. The Hall–Kier alpha value is -4.08. The molecule has 0 aliphatic heterocycles. The van der Waals surface area contributed by atoms with Crippen molar-refractivity contribution in [2.75, 3.05) is 13.2 Å². The highest BCUT2D eigenvalue weighted by Gasteiger charge is 2.01. The van der Waals surface area contributed by atoms with E-state index in [0.717, 1.165) is 30.8 Å². The van der Waals surface area contributed by atoms with E-state index in [4.69, 9.17) is 42.0 Å². The number of benzene rings is 2. The second-order valence-corrected chi connectivity index (χ2v) is 6.92. The van der Waals surface area contributed by atoms with Gasteiger partial charge in [-0.05, 0) is 67.8 Å². The summed E-state index contributed by atoms with van der Waals surface area (Å²) in [5.41, 5.74) is 12.2. The number of hydrogen-bond acceptors (Lipinski definition) is 6. The molecule has 8 N–H and O–H groups in total. The molecule has 2 aromatic rings. The van der Waals surface area contributed by atoms with Gasteiger partial charge in [-0.15, -0.1) is 0 Å². The zero-order chi connectivity index (χ0) is 24.6. The Morgan fingerprint density at radius 2 is 1.00 bits per heavy atom. The lowest BCUT2D eigenvalue weighted by atomic mass is 10.2. The van der Waals surface area contributed by atoms with E-state index in [0.29, 0.717) is 24.3 Å². The van der Waals surface area contributed by atoms with Gasteiger partial charge in [0, 0.05) is 11.1 Å². The molecule has 33 heavy (non-hydrogen) atoms. The van der Waals surface area contributed by atoms with Crippen LogP contribution in [0.25, 0.3) is 0 Å². The van der Waals surface area contributed by atoms with Crippen molar-refractivity contribution in [3.8, 4) is 11.5 Å². The molecule has 0 amide bonds. The summed E-state index contributed by atoms with van der Waals surface area (Å²) in [7, 11) is 0. The minimum atomic E-state index is -1.08. The van der Waals surface area contributed by atoms with E-state index in [1.165, 1.54) is 0 Å². The number of aliphatic carboxylic acids is 2. The largest absolute Gasteiger partial charge is 0.494 e. The lowest BCUT2D eigenvalue weighted by molar-refractivity contribution is -0.143. The predicted octanol–water partition coefficient (Wildman–Crippen LogP) is 2.82. The average molecular weight is 459 g/mol. The summed E-state index contributed by atoms with van der Waals surface area (Å²) in [5, 5.41) is 30.5. The van der Waals surface area contributed by atoms with Gasteiger partial charge in [0.25, 0.3) is 0 Å². The van der Waals surface area contributed by atoms with Gasteiger partial charge in [-0.3, -0.25) is 20.4 Å². The number of carboxylic acid groups (broad SMARTS) is 2. The lowest BCUT2D eigenvalue weighted by Crippen LogP contribution is -2.10.